The van der Waals surface area contributed by atoms with Gasteiger partial charge in [0.1, 0.15) is 5.41 Å². The van der Waals surface area contributed by atoms with Crippen molar-refractivity contribution in [2.75, 3.05) is 31.5 Å². The Balaban J connectivity index is 1.78. The van der Waals surface area contributed by atoms with E-state index < -0.39 is 5.41 Å². The van der Waals surface area contributed by atoms with Gasteiger partial charge in [0.15, 0.2) is 0 Å². The number of nitrogens with one attached hydrogen (secondary N) is 1. The van der Waals surface area contributed by atoms with Crippen molar-refractivity contribution in [1.29, 1.82) is 0 Å². The summed E-state index contributed by atoms with van der Waals surface area (Å²) in [6.07, 6.45) is 1.18. The minimum absolute atomic E-state index is 0.0301. The van der Waals surface area contributed by atoms with Gasteiger partial charge in [0.25, 0.3) is 0 Å². The summed E-state index contributed by atoms with van der Waals surface area (Å²) in [7, 11) is 0. The van der Waals surface area contributed by atoms with Crippen LogP contribution in [0.4, 0.5) is 5.69 Å². The number of nitrogens with zero attached hydrogens (tertiary/aromatic N) is 2. The molecule has 1 saturated carbocycles. The lowest BCUT2D eigenvalue weighted by Gasteiger charge is -2.36. The quantitative estimate of drug-likeness (QED) is 0.772. The number of hydrogen-bond donors (Lipinski definition) is 1. The molecule has 0 unspecified atom stereocenters. The van der Waals surface area contributed by atoms with Crippen molar-refractivity contribution in [3.05, 3.63) is 29.3 Å². The molecule has 1 aliphatic carbocycles. The van der Waals surface area contributed by atoms with Crippen molar-refractivity contribution in [2.24, 2.45) is 5.41 Å². The third-order valence-corrected chi connectivity index (χ3v) is 6.22. The molecule has 3 amide bonds. The molecule has 3 rings (SSSR count). The average molecular weight is 400 g/mol. The molecule has 1 heterocycles. The van der Waals surface area contributed by atoms with E-state index in [0.717, 1.165) is 16.8 Å². The van der Waals surface area contributed by atoms with Crippen molar-refractivity contribution >= 4 is 23.4 Å². The maximum Gasteiger partial charge on any atom is 0.240 e. The van der Waals surface area contributed by atoms with Gasteiger partial charge in [0.2, 0.25) is 17.7 Å². The predicted molar refractivity (Wildman–Crippen MR) is 114 cm³/mol. The number of anilines is 1. The number of hydrogen-bond acceptors (Lipinski definition) is 3. The van der Waals surface area contributed by atoms with Gasteiger partial charge < -0.3 is 15.1 Å². The van der Waals surface area contributed by atoms with Gasteiger partial charge in [-0.2, -0.15) is 0 Å². The van der Waals surface area contributed by atoms with E-state index in [1.807, 2.05) is 6.07 Å². The fraction of sp³-hybridized carbons (Fsp3) is 0.609. The number of para-hydroxylation sites is 1. The second-order valence-corrected chi connectivity index (χ2v) is 8.96. The second-order valence-electron chi connectivity index (χ2n) is 8.96. The first-order chi connectivity index (χ1) is 13.7. The molecule has 6 heteroatoms. The molecular weight excluding hydrogens is 366 g/mol. The number of carbonyl (C=O) groups is 3. The lowest BCUT2D eigenvalue weighted by Crippen LogP contribution is -2.53. The Bertz CT molecular complexity index is 777. The maximum atomic E-state index is 13.3. The number of benzene rings is 1. The summed E-state index contributed by atoms with van der Waals surface area (Å²) in [6, 6.07) is 6.13. The molecule has 6 nitrogen and oxygen atoms in total. The molecule has 1 N–H and O–H groups in total. The van der Waals surface area contributed by atoms with Crippen LogP contribution >= 0.6 is 0 Å². The minimum Gasteiger partial charge on any atom is -0.339 e. The SMILES string of the molecule is CC(=O)N1CCN(C(=O)C2(C(=O)Nc3c(C(C)C)cccc3C(C)C)CC2)CC1. The first-order valence-electron chi connectivity index (χ1n) is 10.7. The molecule has 0 aromatic heterocycles. The summed E-state index contributed by atoms with van der Waals surface area (Å²) in [4.78, 5) is 41.5. The molecule has 1 aromatic rings. The molecule has 1 aliphatic heterocycles. The number of carbonyl (C=O) groups excluding carboxylic acids is 3. The molecular formula is C23H33N3O3. The van der Waals surface area contributed by atoms with E-state index in [2.05, 4.69) is 45.1 Å². The Morgan fingerprint density at radius 2 is 1.38 bits per heavy atom. The fourth-order valence-electron chi connectivity index (χ4n) is 4.12. The van der Waals surface area contributed by atoms with E-state index in [1.165, 1.54) is 0 Å². The van der Waals surface area contributed by atoms with Gasteiger partial charge in [0.05, 0.1) is 0 Å². The van der Waals surface area contributed by atoms with Crippen molar-refractivity contribution < 1.29 is 14.4 Å². The summed E-state index contributed by atoms with van der Waals surface area (Å²) in [5, 5.41) is 3.14. The fourth-order valence-corrected chi connectivity index (χ4v) is 4.12. The van der Waals surface area contributed by atoms with Gasteiger partial charge in [-0.25, -0.2) is 0 Å². The lowest BCUT2D eigenvalue weighted by atomic mass is 9.92. The van der Waals surface area contributed by atoms with Crippen LogP contribution in [0, 0.1) is 5.41 Å². The zero-order valence-corrected chi connectivity index (χ0v) is 18.2. The van der Waals surface area contributed by atoms with E-state index in [9.17, 15) is 14.4 Å². The van der Waals surface area contributed by atoms with Crippen molar-refractivity contribution in [2.45, 2.75) is 59.3 Å². The molecule has 2 aliphatic rings. The minimum atomic E-state index is -0.948. The van der Waals surface area contributed by atoms with Crippen LogP contribution in [0.5, 0.6) is 0 Å². The van der Waals surface area contributed by atoms with Crippen LogP contribution in [0.2, 0.25) is 0 Å². The summed E-state index contributed by atoms with van der Waals surface area (Å²) >= 11 is 0. The molecule has 0 radical (unpaired) electrons. The third kappa shape index (κ3) is 4.16. The molecule has 1 aromatic carbocycles. The standard InChI is InChI=1S/C23H33N3O3/c1-15(2)18-7-6-8-19(16(3)4)20(18)24-21(28)23(9-10-23)22(29)26-13-11-25(12-14-26)17(5)27/h6-8,15-16H,9-14H2,1-5H3,(H,24,28). The van der Waals surface area contributed by atoms with Gasteiger partial charge in [0, 0.05) is 38.8 Å². The Morgan fingerprint density at radius 1 is 0.897 bits per heavy atom. The van der Waals surface area contributed by atoms with Crippen molar-refractivity contribution in [3.63, 3.8) is 0 Å². The molecule has 0 spiro atoms. The molecule has 0 atom stereocenters. The van der Waals surface area contributed by atoms with Crippen LogP contribution in [-0.2, 0) is 14.4 Å². The summed E-state index contributed by atoms with van der Waals surface area (Å²) in [5.41, 5.74) is 2.12. The third-order valence-electron chi connectivity index (χ3n) is 6.22. The Kier molecular flexibility index (Phi) is 6.01. The normalized spacial score (nSPS) is 18.2. The highest BCUT2D eigenvalue weighted by molar-refractivity contribution is 6.13. The lowest BCUT2D eigenvalue weighted by molar-refractivity contribution is -0.146. The highest BCUT2D eigenvalue weighted by Crippen LogP contribution is 2.49. The van der Waals surface area contributed by atoms with Crippen LogP contribution in [0.3, 0.4) is 0 Å². The van der Waals surface area contributed by atoms with E-state index in [1.54, 1.807) is 16.7 Å². The van der Waals surface area contributed by atoms with Gasteiger partial charge in [-0.05, 0) is 35.8 Å². The zero-order valence-electron chi connectivity index (χ0n) is 18.2. The van der Waals surface area contributed by atoms with E-state index in [0.29, 0.717) is 39.0 Å². The predicted octanol–water partition coefficient (Wildman–Crippen LogP) is 3.34. The largest absolute Gasteiger partial charge is 0.339 e. The van der Waals surface area contributed by atoms with Crippen LogP contribution in [-0.4, -0.2) is 53.7 Å². The number of amides is 3. The van der Waals surface area contributed by atoms with Crippen LogP contribution in [0.25, 0.3) is 0 Å². The van der Waals surface area contributed by atoms with E-state index in [4.69, 9.17) is 0 Å². The summed E-state index contributed by atoms with van der Waals surface area (Å²) in [6.45, 7) is 12.1. The number of piperazine rings is 1. The molecule has 0 bridgehead atoms. The topological polar surface area (TPSA) is 69.7 Å². The Morgan fingerprint density at radius 3 is 1.79 bits per heavy atom. The highest BCUT2D eigenvalue weighted by atomic mass is 16.2. The van der Waals surface area contributed by atoms with Gasteiger partial charge in [-0.15, -0.1) is 0 Å². The second kappa shape index (κ2) is 8.17. The zero-order chi connectivity index (χ0) is 21.3. The summed E-state index contributed by atoms with van der Waals surface area (Å²) < 4.78 is 0. The maximum absolute atomic E-state index is 13.3. The smallest absolute Gasteiger partial charge is 0.240 e. The van der Waals surface area contributed by atoms with Crippen LogP contribution in [0.1, 0.15) is 70.4 Å². The average Bonchev–Trinajstić information content (AvgIpc) is 3.49. The molecule has 158 valence electrons. The van der Waals surface area contributed by atoms with Crippen LogP contribution in [0.15, 0.2) is 18.2 Å². The Labute approximate surface area is 173 Å². The monoisotopic (exact) mass is 399 g/mol. The van der Waals surface area contributed by atoms with Crippen LogP contribution < -0.4 is 5.32 Å². The first kappa shape index (κ1) is 21.3. The van der Waals surface area contributed by atoms with Crippen molar-refractivity contribution in [1.82, 2.24) is 9.80 Å². The highest BCUT2D eigenvalue weighted by Gasteiger charge is 2.58. The Hall–Kier alpha value is -2.37. The van der Waals surface area contributed by atoms with Gasteiger partial charge in [-0.3, -0.25) is 14.4 Å². The summed E-state index contributed by atoms with van der Waals surface area (Å²) in [5.74, 6) is 0.296. The number of rotatable bonds is 5. The van der Waals surface area contributed by atoms with Crippen molar-refractivity contribution in [3.8, 4) is 0 Å². The molecule has 29 heavy (non-hydrogen) atoms. The van der Waals surface area contributed by atoms with Gasteiger partial charge >= 0.3 is 0 Å². The molecule has 1 saturated heterocycles. The first-order valence-corrected chi connectivity index (χ1v) is 10.7. The van der Waals surface area contributed by atoms with E-state index >= 15 is 0 Å². The van der Waals surface area contributed by atoms with E-state index in [-0.39, 0.29) is 29.6 Å². The molecule has 2 fully saturated rings. The van der Waals surface area contributed by atoms with Gasteiger partial charge in [-0.1, -0.05) is 45.9 Å².